The third-order valence-corrected chi connectivity index (χ3v) is 16.1. The third-order valence-electron chi connectivity index (χ3n) is 5.89. The zero-order valence-electron chi connectivity index (χ0n) is 17.5. The van der Waals surface area contributed by atoms with Crippen molar-refractivity contribution < 1.29 is 17.7 Å². The van der Waals surface area contributed by atoms with Gasteiger partial charge in [-0.05, 0) is 22.2 Å². The van der Waals surface area contributed by atoms with Crippen LogP contribution >= 0.6 is 0 Å². The highest BCUT2D eigenvalue weighted by Gasteiger charge is 2.61. The molecule has 0 amide bonds. The Morgan fingerprint density at radius 2 is 1.42 bits per heavy atom. The van der Waals surface area contributed by atoms with Crippen LogP contribution in [0.4, 0.5) is 0 Å². The van der Waals surface area contributed by atoms with Crippen LogP contribution in [0.3, 0.4) is 0 Å². The van der Waals surface area contributed by atoms with Crippen molar-refractivity contribution in [2.75, 3.05) is 6.61 Å². The van der Waals surface area contributed by atoms with Gasteiger partial charge in [0, 0.05) is 6.00 Å². The van der Waals surface area contributed by atoms with Gasteiger partial charge in [0.05, 0.1) is 24.7 Å². The molecule has 0 aromatic rings. The summed E-state index contributed by atoms with van der Waals surface area (Å²) >= 11 is 0. The Morgan fingerprint density at radius 3 is 1.85 bits per heavy atom. The van der Waals surface area contributed by atoms with Gasteiger partial charge in [-0.3, -0.25) is 0 Å². The lowest BCUT2D eigenvalue weighted by molar-refractivity contribution is -0.0262. The van der Waals surface area contributed by atoms with Crippen molar-refractivity contribution in [3.8, 4) is 6.07 Å². The zero-order valence-corrected chi connectivity index (χ0v) is 19.5. The van der Waals surface area contributed by atoms with E-state index in [9.17, 15) is 5.26 Å². The van der Waals surface area contributed by atoms with Gasteiger partial charge in [-0.15, -0.1) is 0 Å². The van der Waals surface area contributed by atoms with E-state index in [4.69, 9.17) is 25.6 Å². The fourth-order valence-electron chi connectivity index (χ4n) is 4.35. The molecular formula is C18H34BNO4Si2. The second-order valence-corrected chi connectivity index (χ2v) is 17.7. The molecule has 5 nitrogen and oxygen atoms in total. The Morgan fingerprint density at radius 1 is 0.923 bits per heavy atom. The van der Waals surface area contributed by atoms with E-state index in [1.807, 2.05) is 0 Å². The molecule has 2 saturated heterocycles. The minimum absolute atomic E-state index is 0.227. The van der Waals surface area contributed by atoms with Crippen LogP contribution in [0, 0.1) is 17.2 Å². The van der Waals surface area contributed by atoms with Crippen LogP contribution in [0.1, 0.15) is 55.4 Å². The first-order chi connectivity index (χ1) is 12.0. The first-order valence-electron chi connectivity index (χ1n) is 9.84. The molecule has 0 N–H and O–H groups in total. The molecule has 0 aliphatic carbocycles. The average molecular weight is 395 g/mol. The number of fused-ring (bicyclic) bond motifs is 1. The second-order valence-electron chi connectivity index (χ2n) is 8.85. The molecule has 4 atom stereocenters. The van der Waals surface area contributed by atoms with Crippen molar-refractivity contribution in [2.45, 2.75) is 95.8 Å². The van der Waals surface area contributed by atoms with Gasteiger partial charge in [0.2, 0.25) is 0 Å². The van der Waals surface area contributed by atoms with E-state index in [-0.39, 0.29) is 28.3 Å². The topological polar surface area (TPSA) is 60.7 Å². The maximum absolute atomic E-state index is 9.62. The zero-order chi connectivity index (χ0) is 19.9. The molecule has 146 valence electrons. The Kier molecular flexibility index (Phi) is 6.86. The van der Waals surface area contributed by atoms with Crippen LogP contribution < -0.4 is 0 Å². The minimum Gasteiger partial charge on any atom is -0.414 e. The standard InChI is InChI=1S/C18H34BNO4Si2/c1-11(2)25(12(3)4)21-10-16-17(15(9-20)18(19)22-16)23-26(24-25,13(5)6)14(7)8/h11-18H,10H2,1-8H3/t15?,16-,17+,18+/m0/s1. The number of hydrogen-bond donors (Lipinski definition) is 0. The largest absolute Gasteiger partial charge is 0.414 e. The maximum Gasteiger partial charge on any atom is 0.335 e. The Balaban J connectivity index is 2.56. The number of nitrogens with zero attached hydrogens (tertiary/aromatic N) is 1. The summed E-state index contributed by atoms with van der Waals surface area (Å²) in [6.07, 6.45) is -0.704. The molecule has 2 rings (SSSR count). The molecule has 2 aliphatic rings. The van der Waals surface area contributed by atoms with Crippen molar-refractivity contribution in [3.63, 3.8) is 0 Å². The monoisotopic (exact) mass is 395 g/mol. The van der Waals surface area contributed by atoms with Gasteiger partial charge in [0.15, 0.2) is 0 Å². The summed E-state index contributed by atoms with van der Waals surface area (Å²) in [6.45, 7) is 17.8. The van der Waals surface area contributed by atoms with E-state index >= 15 is 0 Å². The molecule has 0 spiro atoms. The van der Waals surface area contributed by atoms with E-state index in [1.54, 1.807) is 0 Å². The van der Waals surface area contributed by atoms with Crippen molar-refractivity contribution in [1.82, 2.24) is 0 Å². The molecule has 2 fully saturated rings. The molecule has 0 aromatic heterocycles. The summed E-state index contributed by atoms with van der Waals surface area (Å²) in [7, 11) is 0.818. The summed E-state index contributed by atoms with van der Waals surface area (Å²) in [5.74, 6) is -0.496. The highest BCUT2D eigenvalue weighted by molar-refractivity contribution is 6.83. The van der Waals surface area contributed by atoms with Crippen LogP contribution in [0.2, 0.25) is 22.2 Å². The van der Waals surface area contributed by atoms with Crippen molar-refractivity contribution in [3.05, 3.63) is 0 Å². The van der Waals surface area contributed by atoms with E-state index in [0.717, 1.165) is 0 Å². The van der Waals surface area contributed by atoms with Crippen molar-refractivity contribution in [2.24, 2.45) is 5.92 Å². The number of nitriles is 1. The smallest absolute Gasteiger partial charge is 0.335 e. The van der Waals surface area contributed by atoms with Gasteiger partial charge in [-0.2, -0.15) is 5.26 Å². The average Bonchev–Trinajstić information content (AvgIpc) is 2.80. The van der Waals surface area contributed by atoms with Crippen LogP contribution in [0.15, 0.2) is 0 Å². The predicted octanol–water partition coefficient (Wildman–Crippen LogP) is 3.98. The fourth-order valence-corrected chi connectivity index (χ4v) is 15.6. The van der Waals surface area contributed by atoms with E-state index < -0.39 is 35.1 Å². The summed E-state index contributed by atoms with van der Waals surface area (Å²) in [4.78, 5) is 0. The van der Waals surface area contributed by atoms with Crippen LogP contribution in [0.5, 0.6) is 0 Å². The maximum atomic E-state index is 9.62. The second kappa shape index (κ2) is 8.06. The molecule has 0 bridgehead atoms. The summed E-state index contributed by atoms with van der Waals surface area (Å²) in [5.41, 5.74) is 1.03. The van der Waals surface area contributed by atoms with Gasteiger partial charge in [0.1, 0.15) is 14.0 Å². The van der Waals surface area contributed by atoms with Gasteiger partial charge in [-0.1, -0.05) is 55.4 Å². The number of ether oxygens (including phenoxy) is 1. The Hall–Kier alpha value is -0.171. The molecule has 0 aromatic carbocycles. The predicted molar refractivity (Wildman–Crippen MR) is 107 cm³/mol. The van der Waals surface area contributed by atoms with Gasteiger partial charge < -0.3 is 17.7 Å². The lowest BCUT2D eigenvalue weighted by atomic mass is 9.86. The summed E-state index contributed by atoms with van der Waals surface area (Å²) in [6, 6.07) is 1.65. The molecule has 2 heterocycles. The Bertz CT molecular complexity index is 522. The van der Waals surface area contributed by atoms with Crippen molar-refractivity contribution in [1.29, 1.82) is 5.26 Å². The number of hydrogen-bond acceptors (Lipinski definition) is 5. The highest BCUT2D eigenvalue weighted by atomic mass is 28.5. The number of rotatable bonds is 4. The molecule has 2 aliphatic heterocycles. The van der Waals surface area contributed by atoms with E-state index in [0.29, 0.717) is 6.61 Å². The first kappa shape index (κ1) is 22.1. The molecule has 26 heavy (non-hydrogen) atoms. The van der Waals surface area contributed by atoms with Crippen molar-refractivity contribution >= 4 is 25.0 Å². The molecule has 8 heteroatoms. The van der Waals surface area contributed by atoms with Crippen LogP contribution in [0.25, 0.3) is 0 Å². The summed E-state index contributed by atoms with van der Waals surface area (Å²) in [5, 5.41) is 9.62. The van der Waals surface area contributed by atoms with Crippen LogP contribution in [-0.2, 0) is 17.7 Å². The third kappa shape index (κ3) is 3.59. The lowest BCUT2D eigenvalue weighted by Gasteiger charge is -2.51. The lowest BCUT2D eigenvalue weighted by Crippen LogP contribution is -2.65. The van der Waals surface area contributed by atoms with Gasteiger partial charge >= 0.3 is 17.1 Å². The fraction of sp³-hybridized carbons (Fsp3) is 0.944. The van der Waals surface area contributed by atoms with Gasteiger partial charge in [0.25, 0.3) is 0 Å². The summed E-state index contributed by atoms with van der Waals surface area (Å²) < 4.78 is 26.4. The highest BCUT2D eigenvalue weighted by Crippen LogP contribution is 2.47. The normalized spacial score (nSPS) is 34.0. The first-order valence-corrected chi connectivity index (χ1v) is 13.8. The SMILES string of the molecule is [B][C@@H]1O[C@H]2CO[Si](C(C)C)(C(C)C)O[Si](C(C)C)(C(C)C)O[C@@H]2C1C#N. The quantitative estimate of drug-likeness (QED) is 0.674. The van der Waals surface area contributed by atoms with E-state index in [2.05, 4.69) is 61.5 Å². The van der Waals surface area contributed by atoms with Gasteiger partial charge in [-0.25, -0.2) is 0 Å². The Labute approximate surface area is 162 Å². The van der Waals surface area contributed by atoms with E-state index in [1.165, 1.54) is 0 Å². The minimum atomic E-state index is -2.70. The molecule has 0 saturated carbocycles. The molecular weight excluding hydrogens is 361 g/mol. The molecule has 1 unspecified atom stereocenters. The molecule has 2 radical (unpaired) electrons. The van der Waals surface area contributed by atoms with Crippen LogP contribution in [-0.4, -0.2) is 49.8 Å².